The zero-order chi connectivity index (χ0) is 14.2. The lowest BCUT2D eigenvalue weighted by molar-refractivity contribution is 0.131. The highest BCUT2D eigenvalue weighted by Gasteiger charge is 2.19. The Bertz CT molecular complexity index is 411. The van der Waals surface area contributed by atoms with Crippen LogP contribution in [-0.2, 0) is 4.74 Å². The van der Waals surface area contributed by atoms with Crippen LogP contribution in [0.4, 0.5) is 0 Å². The topological polar surface area (TPSA) is 30.5 Å². The summed E-state index contributed by atoms with van der Waals surface area (Å²) in [5, 5.41) is 3.64. The fourth-order valence-electron chi connectivity index (χ4n) is 2.46. The maximum atomic E-state index is 5.82. The standard InChI is InChI=1S/C16H24BrNO2/c1-2-9-19-10-4-8-18-15-5-3-11-20-16-12-13(17)6-7-14(15)16/h6-7,12,15,18H,2-5,8-11H2,1H3. The predicted octanol–water partition coefficient (Wildman–Crippen LogP) is 4.07. The van der Waals surface area contributed by atoms with Gasteiger partial charge in [-0.2, -0.15) is 0 Å². The van der Waals surface area contributed by atoms with Crippen molar-refractivity contribution in [3.8, 4) is 5.75 Å². The maximum Gasteiger partial charge on any atom is 0.125 e. The summed E-state index contributed by atoms with van der Waals surface area (Å²) in [6.07, 6.45) is 4.37. The average molecular weight is 342 g/mol. The van der Waals surface area contributed by atoms with Crippen molar-refractivity contribution in [3.63, 3.8) is 0 Å². The number of hydrogen-bond donors (Lipinski definition) is 1. The normalized spacial score (nSPS) is 18.2. The molecular formula is C16H24BrNO2. The van der Waals surface area contributed by atoms with Gasteiger partial charge in [-0.25, -0.2) is 0 Å². The highest BCUT2D eigenvalue weighted by atomic mass is 79.9. The lowest BCUT2D eigenvalue weighted by Gasteiger charge is -2.18. The van der Waals surface area contributed by atoms with Gasteiger partial charge < -0.3 is 14.8 Å². The Morgan fingerprint density at radius 2 is 2.30 bits per heavy atom. The molecule has 0 spiro atoms. The molecule has 1 aliphatic heterocycles. The van der Waals surface area contributed by atoms with Gasteiger partial charge in [0.2, 0.25) is 0 Å². The third-order valence-electron chi connectivity index (χ3n) is 3.45. The Morgan fingerprint density at radius 1 is 1.40 bits per heavy atom. The van der Waals surface area contributed by atoms with E-state index in [0.29, 0.717) is 6.04 Å². The van der Waals surface area contributed by atoms with Gasteiger partial charge in [-0.3, -0.25) is 0 Å². The second kappa shape index (κ2) is 8.65. The van der Waals surface area contributed by atoms with Crippen LogP contribution in [-0.4, -0.2) is 26.4 Å². The number of hydrogen-bond acceptors (Lipinski definition) is 3. The van der Waals surface area contributed by atoms with E-state index in [1.165, 1.54) is 5.56 Å². The van der Waals surface area contributed by atoms with Gasteiger partial charge in [0.05, 0.1) is 6.61 Å². The molecule has 1 aromatic rings. The second-order valence-corrected chi connectivity index (χ2v) is 6.06. The minimum Gasteiger partial charge on any atom is -0.493 e. The molecule has 0 aromatic heterocycles. The van der Waals surface area contributed by atoms with Gasteiger partial charge in [0.1, 0.15) is 5.75 Å². The van der Waals surface area contributed by atoms with E-state index < -0.39 is 0 Å². The van der Waals surface area contributed by atoms with E-state index in [1.54, 1.807) is 0 Å². The molecule has 1 unspecified atom stereocenters. The summed E-state index contributed by atoms with van der Waals surface area (Å²) in [4.78, 5) is 0. The van der Waals surface area contributed by atoms with Crippen molar-refractivity contribution < 1.29 is 9.47 Å². The van der Waals surface area contributed by atoms with Crippen molar-refractivity contribution in [1.29, 1.82) is 0 Å². The molecule has 20 heavy (non-hydrogen) atoms. The zero-order valence-corrected chi connectivity index (χ0v) is 13.7. The fourth-order valence-corrected chi connectivity index (χ4v) is 2.80. The minimum atomic E-state index is 0.395. The van der Waals surface area contributed by atoms with Crippen LogP contribution in [0.1, 0.15) is 44.2 Å². The van der Waals surface area contributed by atoms with Crippen molar-refractivity contribution in [2.75, 3.05) is 26.4 Å². The predicted molar refractivity (Wildman–Crippen MR) is 85.3 cm³/mol. The summed E-state index contributed by atoms with van der Waals surface area (Å²) >= 11 is 3.51. The van der Waals surface area contributed by atoms with E-state index in [2.05, 4.69) is 46.4 Å². The van der Waals surface area contributed by atoms with Crippen molar-refractivity contribution in [3.05, 3.63) is 28.2 Å². The summed E-state index contributed by atoms with van der Waals surface area (Å²) in [6.45, 7) is 5.65. The molecule has 0 saturated carbocycles. The molecule has 112 valence electrons. The fraction of sp³-hybridized carbons (Fsp3) is 0.625. The Kier molecular flexibility index (Phi) is 6.83. The Balaban J connectivity index is 1.85. The van der Waals surface area contributed by atoms with Gasteiger partial charge >= 0.3 is 0 Å². The molecule has 1 heterocycles. The van der Waals surface area contributed by atoms with Crippen LogP contribution in [0.25, 0.3) is 0 Å². The highest BCUT2D eigenvalue weighted by molar-refractivity contribution is 9.10. The van der Waals surface area contributed by atoms with Crippen LogP contribution in [0.2, 0.25) is 0 Å². The molecule has 1 N–H and O–H groups in total. The van der Waals surface area contributed by atoms with Gasteiger partial charge in [-0.1, -0.05) is 28.9 Å². The van der Waals surface area contributed by atoms with Crippen molar-refractivity contribution in [2.24, 2.45) is 0 Å². The Hall–Kier alpha value is -0.580. The molecule has 0 aliphatic carbocycles. The molecule has 0 amide bonds. The van der Waals surface area contributed by atoms with E-state index >= 15 is 0 Å². The molecule has 0 fully saturated rings. The maximum absolute atomic E-state index is 5.82. The van der Waals surface area contributed by atoms with Crippen molar-refractivity contribution in [2.45, 2.75) is 38.6 Å². The molecular weight excluding hydrogens is 318 g/mol. The first kappa shape index (κ1) is 15.8. The van der Waals surface area contributed by atoms with Gasteiger partial charge in [0, 0.05) is 29.3 Å². The third-order valence-corrected chi connectivity index (χ3v) is 3.94. The van der Waals surface area contributed by atoms with Crippen LogP contribution in [0.15, 0.2) is 22.7 Å². The minimum absolute atomic E-state index is 0.395. The summed E-state index contributed by atoms with van der Waals surface area (Å²) in [5.41, 5.74) is 1.28. The first-order valence-corrected chi connectivity index (χ1v) is 8.34. The molecule has 2 rings (SSSR count). The average Bonchev–Trinajstić information content (AvgIpc) is 2.64. The summed E-state index contributed by atoms with van der Waals surface area (Å²) in [6, 6.07) is 6.72. The lowest BCUT2D eigenvalue weighted by atomic mass is 10.0. The number of ether oxygens (including phenoxy) is 2. The quantitative estimate of drug-likeness (QED) is 0.758. The molecule has 3 nitrogen and oxygen atoms in total. The highest BCUT2D eigenvalue weighted by Crippen LogP contribution is 2.33. The molecule has 1 aliphatic rings. The van der Waals surface area contributed by atoms with Gasteiger partial charge in [-0.05, 0) is 44.4 Å². The number of fused-ring (bicyclic) bond motifs is 1. The largest absolute Gasteiger partial charge is 0.493 e. The summed E-state index contributed by atoms with van der Waals surface area (Å²) in [5.74, 6) is 1.01. The second-order valence-electron chi connectivity index (χ2n) is 5.15. The van der Waals surface area contributed by atoms with E-state index in [4.69, 9.17) is 9.47 Å². The first-order chi connectivity index (χ1) is 9.81. The van der Waals surface area contributed by atoms with Crippen molar-refractivity contribution >= 4 is 15.9 Å². The van der Waals surface area contributed by atoms with Crippen LogP contribution in [0.3, 0.4) is 0 Å². The smallest absolute Gasteiger partial charge is 0.125 e. The molecule has 1 atom stereocenters. The number of rotatable bonds is 7. The van der Waals surface area contributed by atoms with Gasteiger partial charge in [-0.15, -0.1) is 0 Å². The zero-order valence-electron chi connectivity index (χ0n) is 12.2. The van der Waals surface area contributed by atoms with Crippen LogP contribution >= 0.6 is 15.9 Å². The number of halogens is 1. The summed E-state index contributed by atoms with van der Waals surface area (Å²) < 4.78 is 12.4. The van der Waals surface area contributed by atoms with E-state index in [0.717, 1.165) is 62.3 Å². The summed E-state index contributed by atoms with van der Waals surface area (Å²) in [7, 11) is 0. The monoisotopic (exact) mass is 341 g/mol. The first-order valence-electron chi connectivity index (χ1n) is 7.54. The van der Waals surface area contributed by atoms with Crippen molar-refractivity contribution in [1.82, 2.24) is 5.32 Å². The van der Waals surface area contributed by atoms with E-state index in [9.17, 15) is 0 Å². The Morgan fingerprint density at radius 3 is 3.15 bits per heavy atom. The van der Waals surface area contributed by atoms with Gasteiger partial charge in [0.15, 0.2) is 0 Å². The van der Waals surface area contributed by atoms with Crippen LogP contribution in [0, 0.1) is 0 Å². The van der Waals surface area contributed by atoms with E-state index in [1.807, 2.05) is 0 Å². The van der Waals surface area contributed by atoms with Crippen LogP contribution < -0.4 is 10.1 Å². The lowest BCUT2D eigenvalue weighted by Crippen LogP contribution is -2.23. The van der Waals surface area contributed by atoms with Crippen LogP contribution in [0.5, 0.6) is 5.75 Å². The SMILES string of the molecule is CCCOCCCNC1CCCOc2cc(Br)ccc21. The molecule has 4 heteroatoms. The third kappa shape index (κ3) is 4.76. The molecule has 0 radical (unpaired) electrons. The molecule has 0 saturated heterocycles. The number of nitrogens with one attached hydrogen (secondary N) is 1. The number of benzene rings is 1. The van der Waals surface area contributed by atoms with E-state index in [-0.39, 0.29) is 0 Å². The van der Waals surface area contributed by atoms with Gasteiger partial charge in [0.25, 0.3) is 0 Å². The molecule has 1 aromatic carbocycles. The molecule has 0 bridgehead atoms. The Labute approximate surface area is 130 Å².